The van der Waals surface area contributed by atoms with Crippen molar-refractivity contribution >= 4 is 120 Å². The third-order valence-electron chi connectivity index (χ3n) is 17.5. The smallest absolute Gasteiger partial charge is 0.255 e. The number of fused-ring (bicyclic) bond motifs is 12. The average molecular weight is 1090 g/mol. The predicted octanol–water partition coefficient (Wildman–Crippen LogP) is 20.7. The molecule has 0 unspecified atom stereocenters. The standard InChI is InChI=1S/C76H69BN2S2/c1-73(2,3)50-32-28-47(29-33-50)56-44-62-69(71-66(56)58-42-52(75(7,8)9)36-38-64(58)80-71)77-68-60(78(62)54-24-18-14-19-25-54)40-49(46-22-16-13-17-23-46)41-61(68)79(55-26-20-15-21-27-55)63-45-57(48-30-34-51(35-31-48)74(4,5)6)67-59-43-53(76(10,11)12)37-39-65(59)81-72(67)70(63)77/h13-45H,1-12H3. The summed E-state index contributed by atoms with van der Waals surface area (Å²) < 4.78 is 5.33. The van der Waals surface area contributed by atoms with E-state index in [2.05, 4.69) is 293 Å². The summed E-state index contributed by atoms with van der Waals surface area (Å²) in [5.41, 5.74) is 23.9. The Morgan fingerprint density at radius 3 is 1.02 bits per heavy atom. The van der Waals surface area contributed by atoms with Crippen molar-refractivity contribution in [3.63, 3.8) is 0 Å². The van der Waals surface area contributed by atoms with Crippen LogP contribution in [0.15, 0.2) is 200 Å². The lowest BCUT2D eigenvalue weighted by Gasteiger charge is -2.45. The van der Waals surface area contributed by atoms with E-state index in [1.54, 1.807) is 0 Å². The monoisotopic (exact) mass is 1080 g/mol. The van der Waals surface area contributed by atoms with E-state index < -0.39 is 0 Å². The van der Waals surface area contributed by atoms with Gasteiger partial charge in [-0.2, -0.15) is 0 Å². The molecular formula is C76H69BN2S2. The number of hydrogen-bond acceptors (Lipinski definition) is 4. The maximum absolute atomic E-state index is 2.63. The molecule has 398 valence electrons. The van der Waals surface area contributed by atoms with Gasteiger partial charge in [0.25, 0.3) is 6.71 Å². The summed E-state index contributed by atoms with van der Waals surface area (Å²) in [4.78, 5) is 5.26. The zero-order valence-corrected chi connectivity index (χ0v) is 50.5. The molecule has 0 amide bonds. The lowest BCUT2D eigenvalue weighted by molar-refractivity contribution is 0.590. The van der Waals surface area contributed by atoms with Gasteiger partial charge in [0.15, 0.2) is 0 Å². The topological polar surface area (TPSA) is 6.48 Å². The van der Waals surface area contributed by atoms with Gasteiger partial charge in [-0.15, -0.1) is 22.7 Å². The molecule has 12 aromatic rings. The number of para-hydroxylation sites is 2. The van der Waals surface area contributed by atoms with Gasteiger partial charge in [-0.05, 0) is 166 Å². The Bertz CT molecular complexity index is 4200. The van der Waals surface area contributed by atoms with Crippen LogP contribution in [-0.4, -0.2) is 6.71 Å². The van der Waals surface area contributed by atoms with Crippen LogP contribution in [0.25, 0.3) is 73.7 Å². The van der Waals surface area contributed by atoms with Crippen molar-refractivity contribution < 1.29 is 0 Å². The average Bonchev–Trinajstić information content (AvgIpc) is 4.28. The summed E-state index contributed by atoms with van der Waals surface area (Å²) in [6.45, 7) is 27.8. The molecule has 0 spiro atoms. The van der Waals surface area contributed by atoms with Crippen molar-refractivity contribution in [3.8, 4) is 33.4 Å². The number of nitrogens with zero attached hydrogens (tertiary/aromatic N) is 2. The fourth-order valence-electron chi connectivity index (χ4n) is 13.0. The molecule has 0 radical (unpaired) electrons. The van der Waals surface area contributed by atoms with Crippen LogP contribution in [0.4, 0.5) is 34.1 Å². The highest BCUT2D eigenvalue weighted by molar-refractivity contribution is 7.30. The van der Waals surface area contributed by atoms with Gasteiger partial charge < -0.3 is 9.80 Å². The number of anilines is 6. The van der Waals surface area contributed by atoms with E-state index in [0.717, 1.165) is 11.4 Å². The van der Waals surface area contributed by atoms with Crippen molar-refractivity contribution in [1.82, 2.24) is 0 Å². The van der Waals surface area contributed by atoms with Crippen molar-refractivity contribution in [3.05, 3.63) is 222 Å². The SMILES string of the molecule is CC(C)(C)c1ccc(-c2cc3c(c4sc5ccc(C(C)(C)C)cc5c24)B2c4c(cc(-c5ccccc5)cc4N(c4ccccc4)c4cc(-c5ccc(C(C)(C)C)cc5)c5c(sc6ccc(C(C)(C)C)cc65)c42)N3c2ccccc2)cc1. The molecule has 0 saturated heterocycles. The Hall–Kier alpha value is -7.70. The van der Waals surface area contributed by atoms with Crippen molar-refractivity contribution in [2.24, 2.45) is 0 Å². The van der Waals surface area contributed by atoms with Crippen molar-refractivity contribution in [2.45, 2.75) is 105 Å². The molecule has 4 heterocycles. The first-order chi connectivity index (χ1) is 38.7. The summed E-state index contributed by atoms with van der Waals surface area (Å²) >= 11 is 3.97. The van der Waals surface area contributed by atoms with E-state index in [0.29, 0.717) is 0 Å². The summed E-state index contributed by atoms with van der Waals surface area (Å²) in [7, 11) is 0. The second kappa shape index (κ2) is 18.4. The van der Waals surface area contributed by atoms with Crippen molar-refractivity contribution in [1.29, 1.82) is 0 Å². The largest absolute Gasteiger partial charge is 0.311 e. The Kier molecular flexibility index (Phi) is 11.7. The van der Waals surface area contributed by atoms with Gasteiger partial charge in [-0.3, -0.25) is 0 Å². The Morgan fingerprint density at radius 2 is 0.654 bits per heavy atom. The van der Waals surface area contributed by atoms with E-state index in [4.69, 9.17) is 0 Å². The molecule has 0 bridgehead atoms. The zero-order valence-electron chi connectivity index (χ0n) is 48.8. The minimum absolute atomic E-state index is 0.0202. The minimum atomic E-state index is -0.144. The zero-order chi connectivity index (χ0) is 56.1. The molecule has 81 heavy (non-hydrogen) atoms. The van der Waals surface area contributed by atoms with Gasteiger partial charge in [0.05, 0.1) is 0 Å². The first-order valence-electron chi connectivity index (χ1n) is 28.9. The molecule has 10 aromatic carbocycles. The quantitative estimate of drug-likeness (QED) is 0.159. The first kappa shape index (κ1) is 51.5. The van der Waals surface area contributed by atoms with Crippen LogP contribution >= 0.6 is 22.7 Å². The van der Waals surface area contributed by atoms with Gasteiger partial charge in [0.2, 0.25) is 0 Å². The molecule has 0 N–H and O–H groups in total. The van der Waals surface area contributed by atoms with E-state index >= 15 is 0 Å². The van der Waals surface area contributed by atoms with Gasteiger partial charge in [0, 0.05) is 74.5 Å². The highest BCUT2D eigenvalue weighted by Gasteiger charge is 2.47. The fourth-order valence-corrected chi connectivity index (χ4v) is 15.6. The summed E-state index contributed by atoms with van der Waals surface area (Å²) in [5.74, 6) is 0. The van der Waals surface area contributed by atoms with Crippen LogP contribution in [-0.2, 0) is 21.7 Å². The maximum Gasteiger partial charge on any atom is 0.255 e. The lowest BCUT2D eigenvalue weighted by Crippen LogP contribution is -2.61. The molecular weight excluding hydrogens is 1020 g/mol. The molecule has 0 aliphatic carbocycles. The number of benzene rings is 10. The second-order valence-corrected chi connectivity index (χ2v) is 29.1. The number of hydrogen-bond donors (Lipinski definition) is 0. The highest BCUT2D eigenvalue weighted by Crippen LogP contribution is 2.53. The highest BCUT2D eigenvalue weighted by atomic mass is 32.1. The fraction of sp³-hybridized carbons (Fsp3) is 0.211. The van der Waals surface area contributed by atoms with Gasteiger partial charge in [0.1, 0.15) is 0 Å². The third-order valence-corrected chi connectivity index (χ3v) is 19.9. The normalized spacial score (nSPS) is 13.6. The Labute approximate surface area is 487 Å². The second-order valence-electron chi connectivity index (χ2n) is 27.0. The lowest BCUT2D eigenvalue weighted by atomic mass is 9.33. The summed E-state index contributed by atoms with van der Waals surface area (Å²) in [5, 5.41) is 5.34. The Balaban J connectivity index is 1.20. The van der Waals surface area contributed by atoms with Gasteiger partial charge >= 0.3 is 0 Å². The van der Waals surface area contributed by atoms with Crippen LogP contribution in [0.1, 0.15) is 105 Å². The van der Waals surface area contributed by atoms with Gasteiger partial charge in [-0.1, -0.05) is 210 Å². The van der Waals surface area contributed by atoms with Crippen molar-refractivity contribution in [2.75, 3.05) is 9.80 Å². The maximum atomic E-state index is 2.63. The molecule has 2 nitrogen and oxygen atoms in total. The number of rotatable bonds is 5. The Morgan fingerprint density at radius 1 is 0.309 bits per heavy atom. The van der Waals surface area contributed by atoms with E-state index in [9.17, 15) is 0 Å². The van der Waals surface area contributed by atoms with E-state index in [1.165, 1.54) is 135 Å². The van der Waals surface area contributed by atoms with Crippen LogP contribution < -0.4 is 26.2 Å². The first-order valence-corrected chi connectivity index (χ1v) is 30.6. The summed E-state index contributed by atoms with van der Waals surface area (Å²) in [6, 6.07) is 77.3. The summed E-state index contributed by atoms with van der Waals surface area (Å²) in [6.07, 6.45) is 0. The van der Waals surface area contributed by atoms with Crippen LogP contribution in [0, 0.1) is 0 Å². The van der Waals surface area contributed by atoms with Gasteiger partial charge in [-0.25, -0.2) is 0 Å². The molecule has 2 aromatic heterocycles. The van der Waals surface area contributed by atoms with Crippen LogP contribution in [0.3, 0.4) is 0 Å². The molecule has 2 aliphatic rings. The number of thiophene rings is 2. The molecule has 5 heteroatoms. The predicted molar refractivity (Wildman–Crippen MR) is 357 cm³/mol. The molecule has 0 fully saturated rings. The van der Waals surface area contributed by atoms with E-state index in [-0.39, 0.29) is 28.4 Å². The molecule has 14 rings (SSSR count). The van der Waals surface area contributed by atoms with Crippen LogP contribution in [0.2, 0.25) is 0 Å². The van der Waals surface area contributed by atoms with Crippen LogP contribution in [0.5, 0.6) is 0 Å². The molecule has 2 aliphatic heterocycles. The minimum Gasteiger partial charge on any atom is -0.311 e. The van der Waals surface area contributed by atoms with E-state index in [1.807, 2.05) is 22.7 Å². The molecule has 0 saturated carbocycles. The molecule has 0 atom stereocenters. The third kappa shape index (κ3) is 8.40.